The average molecular weight is 422 g/mol. The van der Waals surface area contributed by atoms with Gasteiger partial charge in [-0.25, -0.2) is 4.39 Å². The minimum absolute atomic E-state index is 0.0259. The van der Waals surface area contributed by atoms with E-state index in [0.29, 0.717) is 11.0 Å². The zero-order valence-electron chi connectivity index (χ0n) is 13.1. The van der Waals surface area contributed by atoms with Crippen LogP contribution in [0.4, 0.5) is 9.52 Å². The number of para-hydroxylation sites is 1. The third kappa shape index (κ3) is 4.40. The summed E-state index contributed by atoms with van der Waals surface area (Å²) in [5.74, 6) is -0.397. The molecule has 25 heavy (non-hydrogen) atoms. The summed E-state index contributed by atoms with van der Waals surface area (Å²) < 4.78 is 24.1. The highest BCUT2D eigenvalue weighted by atomic mass is 79.9. The summed E-state index contributed by atoms with van der Waals surface area (Å²) >= 11 is 4.44. The van der Waals surface area contributed by atoms with E-state index < -0.39 is 17.8 Å². The molecule has 1 amide bonds. The summed E-state index contributed by atoms with van der Waals surface area (Å²) in [4.78, 5) is 16.5. The van der Waals surface area contributed by atoms with Crippen molar-refractivity contribution in [1.82, 2.24) is 9.36 Å². The third-order valence-corrected chi connectivity index (χ3v) is 4.43. The topological polar surface area (TPSA) is 64.1 Å². The summed E-state index contributed by atoms with van der Waals surface area (Å²) in [6, 6.07) is 13.5. The van der Waals surface area contributed by atoms with Crippen LogP contribution in [0.5, 0.6) is 5.75 Å². The second-order valence-electron chi connectivity index (χ2n) is 5.11. The van der Waals surface area contributed by atoms with Gasteiger partial charge in [-0.15, -0.1) is 0 Å². The van der Waals surface area contributed by atoms with E-state index in [4.69, 9.17) is 4.74 Å². The van der Waals surface area contributed by atoms with Crippen LogP contribution in [0.2, 0.25) is 0 Å². The van der Waals surface area contributed by atoms with Gasteiger partial charge >= 0.3 is 0 Å². The van der Waals surface area contributed by atoms with Crippen molar-refractivity contribution in [3.8, 4) is 17.1 Å². The van der Waals surface area contributed by atoms with Crippen molar-refractivity contribution >= 4 is 38.5 Å². The number of ether oxygens (including phenoxy) is 1. The zero-order chi connectivity index (χ0) is 17.8. The Kier molecular flexibility index (Phi) is 5.40. The number of amides is 1. The van der Waals surface area contributed by atoms with Crippen LogP contribution in [0.1, 0.15) is 6.92 Å². The van der Waals surface area contributed by atoms with Crippen molar-refractivity contribution in [3.63, 3.8) is 0 Å². The molecule has 0 radical (unpaired) electrons. The smallest absolute Gasteiger partial charge is 0.266 e. The van der Waals surface area contributed by atoms with Gasteiger partial charge in [0.2, 0.25) is 5.13 Å². The molecule has 0 bridgehead atoms. The van der Waals surface area contributed by atoms with E-state index in [0.717, 1.165) is 21.6 Å². The molecule has 3 aromatic rings. The van der Waals surface area contributed by atoms with Crippen LogP contribution in [0.3, 0.4) is 0 Å². The number of nitrogens with zero attached hydrogens (tertiary/aromatic N) is 2. The van der Waals surface area contributed by atoms with Crippen LogP contribution in [-0.2, 0) is 4.79 Å². The molecule has 0 spiro atoms. The van der Waals surface area contributed by atoms with Crippen LogP contribution in [-0.4, -0.2) is 21.4 Å². The van der Waals surface area contributed by atoms with Gasteiger partial charge in [0.25, 0.3) is 5.91 Å². The van der Waals surface area contributed by atoms with Crippen molar-refractivity contribution in [2.24, 2.45) is 0 Å². The van der Waals surface area contributed by atoms with Gasteiger partial charge in [-0.3, -0.25) is 10.1 Å². The Balaban J connectivity index is 1.65. The summed E-state index contributed by atoms with van der Waals surface area (Å²) in [5.41, 5.74) is 0.843. The van der Waals surface area contributed by atoms with Crippen molar-refractivity contribution in [1.29, 1.82) is 0 Å². The zero-order valence-corrected chi connectivity index (χ0v) is 15.5. The largest absolute Gasteiger partial charge is 0.478 e. The molecule has 3 rings (SSSR count). The summed E-state index contributed by atoms with van der Waals surface area (Å²) in [6.45, 7) is 1.54. The number of carbonyl (C=O) groups excluding carboxylic acids is 1. The van der Waals surface area contributed by atoms with Gasteiger partial charge in [-0.2, -0.15) is 9.36 Å². The molecule has 0 aliphatic rings. The first-order valence-corrected chi connectivity index (χ1v) is 8.91. The fourth-order valence-electron chi connectivity index (χ4n) is 1.98. The number of rotatable bonds is 5. The maximum atomic E-state index is 13.6. The molecule has 8 heteroatoms. The molecule has 128 valence electrons. The number of nitrogens with one attached hydrogen (secondary N) is 1. The molecular formula is C17H13BrFN3O2S. The molecule has 1 heterocycles. The third-order valence-electron chi connectivity index (χ3n) is 3.27. The van der Waals surface area contributed by atoms with Gasteiger partial charge in [-0.1, -0.05) is 40.2 Å². The molecule has 5 nitrogen and oxygen atoms in total. The van der Waals surface area contributed by atoms with Crippen molar-refractivity contribution in [3.05, 3.63) is 58.8 Å². The lowest BCUT2D eigenvalue weighted by Gasteiger charge is -2.13. The van der Waals surface area contributed by atoms with Crippen LogP contribution in [0.15, 0.2) is 53.0 Å². The van der Waals surface area contributed by atoms with Crippen LogP contribution >= 0.6 is 27.5 Å². The molecule has 1 atom stereocenters. The highest BCUT2D eigenvalue weighted by Crippen LogP contribution is 2.23. The molecule has 0 unspecified atom stereocenters. The minimum atomic E-state index is -0.878. The van der Waals surface area contributed by atoms with E-state index in [1.54, 1.807) is 19.1 Å². The molecule has 0 aliphatic carbocycles. The first-order valence-electron chi connectivity index (χ1n) is 7.34. The Labute approximate surface area is 156 Å². The monoisotopic (exact) mass is 421 g/mol. The predicted octanol–water partition coefficient (Wildman–Crippen LogP) is 4.51. The lowest BCUT2D eigenvalue weighted by Crippen LogP contribution is -2.30. The average Bonchev–Trinajstić information content (AvgIpc) is 3.06. The Morgan fingerprint density at radius 2 is 1.96 bits per heavy atom. The predicted molar refractivity (Wildman–Crippen MR) is 98.2 cm³/mol. The van der Waals surface area contributed by atoms with E-state index in [2.05, 4.69) is 30.6 Å². The maximum Gasteiger partial charge on any atom is 0.266 e. The van der Waals surface area contributed by atoms with E-state index in [1.807, 2.05) is 24.3 Å². The van der Waals surface area contributed by atoms with Gasteiger partial charge in [0.05, 0.1) is 0 Å². The van der Waals surface area contributed by atoms with Gasteiger partial charge in [0.1, 0.15) is 0 Å². The lowest BCUT2D eigenvalue weighted by molar-refractivity contribution is -0.122. The van der Waals surface area contributed by atoms with Crippen LogP contribution in [0.25, 0.3) is 11.4 Å². The summed E-state index contributed by atoms with van der Waals surface area (Å²) in [6.07, 6.45) is -0.878. The molecule has 0 fully saturated rings. The van der Waals surface area contributed by atoms with Gasteiger partial charge in [-0.05, 0) is 31.2 Å². The molecule has 1 aromatic heterocycles. The highest BCUT2D eigenvalue weighted by molar-refractivity contribution is 9.10. The van der Waals surface area contributed by atoms with E-state index in [1.165, 1.54) is 12.1 Å². The first-order chi connectivity index (χ1) is 12.0. The number of halogens is 2. The van der Waals surface area contributed by atoms with Crippen LogP contribution < -0.4 is 10.1 Å². The van der Waals surface area contributed by atoms with Gasteiger partial charge < -0.3 is 4.74 Å². The molecule has 1 N–H and O–H groups in total. The fraction of sp³-hybridized carbons (Fsp3) is 0.118. The molecule has 2 aromatic carbocycles. The number of benzene rings is 2. The summed E-state index contributed by atoms with van der Waals surface area (Å²) in [5, 5.41) is 2.99. The number of hydrogen-bond acceptors (Lipinski definition) is 5. The number of hydrogen-bond donors (Lipinski definition) is 1. The minimum Gasteiger partial charge on any atom is -0.478 e. The van der Waals surface area contributed by atoms with Crippen molar-refractivity contribution in [2.45, 2.75) is 13.0 Å². The number of anilines is 1. The number of carbonyl (C=O) groups is 1. The Bertz CT molecular complexity index is 886. The van der Waals surface area contributed by atoms with Gasteiger partial charge in [0.15, 0.2) is 23.5 Å². The van der Waals surface area contributed by atoms with Crippen molar-refractivity contribution < 1.29 is 13.9 Å². The SMILES string of the molecule is C[C@@H](Oc1ccccc1F)C(=O)Nc1nc(-c2ccc(Br)cc2)ns1. The molecular weight excluding hydrogens is 409 g/mol. The highest BCUT2D eigenvalue weighted by Gasteiger charge is 2.18. The van der Waals surface area contributed by atoms with Gasteiger partial charge in [0, 0.05) is 21.6 Å². The van der Waals surface area contributed by atoms with E-state index in [-0.39, 0.29) is 5.75 Å². The molecule has 0 aliphatic heterocycles. The molecule has 0 saturated heterocycles. The van der Waals surface area contributed by atoms with E-state index in [9.17, 15) is 9.18 Å². The molecule has 0 saturated carbocycles. The standard InChI is InChI=1S/C17H13BrFN3O2S/c1-10(24-14-5-3-2-4-13(14)19)16(23)21-17-20-15(22-25-17)11-6-8-12(18)9-7-11/h2-10H,1H3,(H,20,21,22,23)/t10-/m1/s1. The Morgan fingerprint density at radius 3 is 2.68 bits per heavy atom. The fourth-order valence-corrected chi connectivity index (χ4v) is 2.84. The van der Waals surface area contributed by atoms with Crippen molar-refractivity contribution in [2.75, 3.05) is 5.32 Å². The second kappa shape index (κ2) is 7.71. The first kappa shape index (κ1) is 17.5. The van der Waals surface area contributed by atoms with E-state index >= 15 is 0 Å². The Hall–Kier alpha value is -2.32. The summed E-state index contributed by atoms with van der Waals surface area (Å²) in [7, 11) is 0. The lowest BCUT2D eigenvalue weighted by atomic mass is 10.2. The second-order valence-corrected chi connectivity index (χ2v) is 6.78. The normalized spacial score (nSPS) is 11.8. The van der Waals surface area contributed by atoms with Crippen LogP contribution in [0, 0.1) is 5.82 Å². The quantitative estimate of drug-likeness (QED) is 0.657. The maximum absolute atomic E-state index is 13.6. The Morgan fingerprint density at radius 1 is 1.24 bits per heavy atom. The number of aromatic nitrogens is 2.